The van der Waals surface area contributed by atoms with Gasteiger partial charge in [0.2, 0.25) is 0 Å². The van der Waals surface area contributed by atoms with E-state index < -0.39 is 0 Å². The third kappa shape index (κ3) is 2.52. The van der Waals surface area contributed by atoms with Crippen molar-refractivity contribution in [2.45, 2.75) is 46.0 Å². The number of fused-ring (bicyclic) bond motifs is 1. The number of hydrogen-bond donors (Lipinski definition) is 0. The molecule has 0 spiro atoms. The second-order valence-corrected chi connectivity index (χ2v) is 6.44. The van der Waals surface area contributed by atoms with Crippen molar-refractivity contribution in [3.05, 3.63) is 70.3 Å². The summed E-state index contributed by atoms with van der Waals surface area (Å²) >= 11 is 0. The quantitative estimate of drug-likeness (QED) is 0.725. The van der Waals surface area contributed by atoms with Crippen molar-refractivity contribution >= 4 is 0 Å². The van der Waals surface area contributed by atoms with Gasteiger partial charge in [-0.05, 0) is 65.8 Å². The van der Waals surface area contributed by atoms with Gasteiger partial charge in [-0.2, -0.15) is 0 Å². The van der Waals surface area contributed by atoms with Crippen LogP contribution in [0, 0.1) is 12.8 Å². The number of aryl methyl sites for hydroxylation is 3. The van der Waals surface area contributed by atoms with E-state index in [1.54, 1.807) is 11.1 Å². The Balaban J connectivity index is 1.79. The third-order valence-corrected chi connectivity index (χ3v) is 4.93. The fourth-order valence-electron chi connectivity index (χ4n) is 3.66. The Morgan fingerprint density at radius 2 is 1.65 bits per heavy atom. The van der Waals surface area contributed by atoms with Crippen molar-refractivity contribution in [2.75, 3.05) is 0 Å². The van der Waals surface area contributed by atoms with Crippen LogP contribution in [0.5, 0.6) is 0 Å². The van der Waals surface area contributed by atoms with Crippen LogP contribution in [-0.4, -0.2) is 0 Å². The minimum absolute atomic E-state index is 0.730. The second-order valence-electron chi connectivity index (χ2n) is 6.44. The van der Waals surface area contributed by atoms with E-state index in [2.05, 4.69) is 63.2 Å². The largest absolute Gasteiger partial charge is 0.0622 e. The molecule has 20 heavy (non-hydrogen) atoms. The van der Waals surface area contributed by atoms with Crippen molar-refractivity contribution in [3.8, 4) is 0 Å². The molecule has 0 bridgehead atoms. The Hall–Kier alpha value is -1.56. The number of hydrogen-bond acceptors (Lipinski definition) is 0. The molecule has 2 unspecified atom stereocenters. The number of rotatable bonds is 3. The first-order chi connectivity index (χ1) is 9.65. The van der Waals surface area contributed by atoms with Gasteiger partial charge >= 0.3 is 0 Å². The van der Waals surface area contributed by atoms with Crippen molar-refractivity contribution in [3.63, 3.8) is 0 Å². The monoisotopic (exact) mass is 264 g/mol. The van der Waals surface area contributed by atoms with Crippen molar-refractivity contribution in [2.24, 2.45) is 5.92 Å². The van der Waals surface area contributed by atoms with E-state index in [4.69, 9.17) is 0 Å². The molecule has 2 atom stereocenters. The van der Waals surface area contributed by atoms with Gasteiger partial charge in [-0.25, -0.2) is 0 Å². The second kappa shape index (κ2) is 5.44. The summed E-state index contributed by atoms with van der Waals surface area (Å²) in [5, 5.41) is 0. The first kappa shape index (κ1) is 13.4. The highest BCUT2D eigenvalue weighted by molar-refractivity contribution is 5.44. The van der Waals surface area contributed by atoms with Crippen LogP contribution in [0.3, 0.4) is 0 Å². The molecule has 0 nitrogen and oxygen atoms in total. The summed E-state index contributed by atoms with van der Waals surface area (Å²) < 4.78 is 0. The van der Waals surface area contributed by atoms with E-state index in [0.717, 1.165) is 24.7 Å². The molecule has 3 rings (SSSR count). The zero-order valence-electron chi connectivity index (χ0n) is 12.8. The van der Waals surface area contributed by atoms with Crippen LogP contribution in [-0.2, 0) is 19.3 Å². The van der Waals surface area contributed by atoms with E-state index in [9.17, 15) is 0 Å². The molecule has 0 saturated heterocycles. The summed E-state index contributed by atoms with van der Waals surface area (Å²) in [6.07, 6.45) is 3.56. The highest BCUT2D eigenvalue weighted by Gasteiger charge is 2.27. The summed E-state index contributed by atoms with van der Waals surface area (Å²) in [7, 11) is 0. The fourth-order valence-corrected chi connectivity index (χ4v) is 3.66. The van der Waals surface area contributed by atoms with E-state index in [-0.39, 0.29) is 0 Å². The highest BCUT2D eigenvalue weighted by Crippen LogP contribution is 2.39. The Morgan fingerprint density at radius 3 is 2.40 bits per heavy atom. The Kier molecular flexibility index (Phi) is 3.65. The van der Waals surface area contributed by atoms with Crippen LogP contribution >= 0.6 is 0 Å². The van der Waals surface area contributed by atoms with Crippen molar-refractivity contribution in [1.29, 1.82) is 0 Å². The van der Waals surface area contributed by atoms with Gasteiger partial charge in [0, 0.05) is 0 Å². The summed E-state index contributed by atoms with van der Waals surface area (Å²) in [5.74, 6) is 1.53. The molecule has 0 aliphatic heterocycles. The molecule has 0 aromatic heterocycles. The standard InChI is InChI=1S/C20H24/c1-14-12-19-13-18(11-15(2)20(19)16(14)3)10-9-17-7-5-4-6-8-17/h4-8,11,13-14,16H,9-10,12H2,1-3H3. The SMILES string of the molecule is Cc1cc(CCc2ccccc2)cc2c1C(C)C(C)C2. The molecular weight excluding hydrogens is 240 g/mol. The lowest BCUT2D eigenvalue weighted by molar-refractivity contribution is 0.531. The van der Waals surface area contributed by atoms with Gasteiger partial charge in [0.1, 0.15) is 0 Å². The predicted octanol–water partition coefficient (Wildman–Crippen LogP) is 5.08. The topological polar surface area (TPSA) is 0 Å². The summed E-state index contributed by atoms with van der Waals surface area (Å²) in [6, 6.07) is 15.7. The van der Waals surface area contributed by atoms with Crippen LogP contribution in [0.2, 0.25) is 0 Å². The maximum atomic E-state index is 2.46. The lowest BCUT2D eigenvalue weighted by atomic mass is 9.92. The molecule has 0 fully saturated rings. The molecule has 2 aromatic rings. The first-order valence-corrected chi connectivity index (χ1v) is 7.81. The van der Waals surface area contributed by atoms with E-state index in [1.807, 2.05) is 0 Å². The predicted molar refractivity (Wildman–Crippen MR) is 86.3 cm³/mol. The zero-order chi connectivity index (χ0) is 14.1. The van der Waals surface area contributed by atoms with Crippen molar-refractivity contribution in [1.82, 2.24) is 0 Å². The molecule has 0 N–H and O–H groups in total. The lowest BCUT2D eigenvalue weighted by Gasteiger charge is -2.13. The molecule has 0 radical (unpaired) electrons. The van der Waals surface area contributed by atoms with Gasteiger partial charge in [-0.3, -0.25) is 0 Å². The zero-order valence-corrected chi connectivity index (χ0v) is 12.8. The Morgan fingerprint density at radius 1 is 0.950 bits per heavy atom. The highest BCUT2D eigenvalue weighted by atomic mass is 14.3. The van der Waals surface area contributed by atoms with Gasteiger partial charge < -0.3 is 0 Å². The maximum Gasteiger partial charge on any atom is -0.0156 e. The summed E-state index contributed by atoms with van der Waals surface area (Å²) in [6.45, 7) is 7.06. The average Bonchev–Trinajstić information content (AvgIpc) is 2.73. The molecule has 1 aliphatic rings. The van der Waals surface area contributed by atoms with E-state index >= 15 is 0 Å². The minimum atomic E-state index is 0.730. The van der Waals surface area contributed by atoms with Crippen molar-refractivity contribution < 1.29 is 0 Å². The molecular formula is C20H24. The van der Waals surface area contributed by atoms with Gasteiger partial charge in [0.25, 0.3) is 0 Å². The first-order valence-electron chi connectivity index (χ1n) is 7.81. The summed E-state index contributed by atoms with van der Waals surface area (Å²) in [5.41, 5.74) is 7.68. The van der Waals surface area contributed by atoms with E-state index in [1.165, 1.54) is 23.1 Å². The van der Waals surface area contributed by atoms with Crippen LogP contribution in [0.25, 0.3) is 0 Å². The third-order valence-electron chi connectivity index (χ3n) is 4.93. The van der Waals surface area contributed by atoms with Gasteiger partial charge in [-0.1, -0.05) is 56.3 Å². The summed E-state index contributed by atoms with van der Waals surface area (Å²) in [4.78, 5) is 0. The molecule has 0 saturated carbocycles. The number of benzene rings is 2. The smallest absolute Gasteiger partial charge is 0.0156 e. The molecule has 0 heterocycles. The lowest BCUT2D eigenvalue weighted by Crippen LogP contribution is -1.99. The fraction of sp³-hybridized carbons (Fsp3) is 0.400. The minimum Gasteiger partial charge on any atom is -0.0622 e. The Bertz CT molecular complexity index is 595. The van der Waals surface area contributed by atoms with Gasteiger partial charge in [0.05, 0.1) is 0 Å². The Labute approximate surface area is 122 Å². The average molecular weight is 264 g/mol. The molecule has 2 aromatic carbocycles. The van der Waals surface area contributed by atoms with Gasteiger partial charge in [0.15, 0.2) is 0 Å². The molecule has 104 valence electrons. The van der Waals surface area contributed by atoms with Crippen LogP contribution in [0.4, 0.5) is 0 Å². The van der Waals surface area contributed by atoms with Crippen LogP contribution < -0.4 is 0 Å². The molecule has 0 heteroatoms. The normalized spacial score (nSPS) is 20.9. The van der Waals surface area contributed by atoms with Crippen LogP contribution in [0.1, 0.15) is 47.6 Å². The maximum absolute atomic E-state index is 2.46. The molecule has 0 amide bonds. The van der Waals surface area contributed by atoms with Gasteiger partial charge in [-0.15, -0.1) is 0 Å². The van der Waals surface area contributed by atoms with E-state index in [0.29, 0.717) is 0 Å². The molecule has 1 aliphatic carbocycles. The van der Waals surface area contributed by atoms with Crippen LogP contribution in [0.15, 0.2) is 42.5 Å².